The molecule has 7 nitrogen and oxygen atoms in total. The highest BCUT2D eigenvalue weighted by molar-refractivity contribution is 5.96. The van der Waals surface area contributed by atoms with Crippen LogP contribution in [0.25, 0.3) is 10.9 Å². The lowest BCUT2D eigenvalue weighted by Crippen LogP contribution is -2.45. The molecule has 1 saturated carbocycles. The van der Waals surface area contributed by atoms with Crippen molar-refractivity contribution in [2.24, 2.45) is 11.8 Å². The maximum Gasteiger partial charge on any atom is 0.288 e. The van der Waals surface area contributed by atoms with Crippen molar-refractivity contribution in [2.45, 2.75) is 25.7 Å². The molecule has 3 aromatic rings. The van der Waals surface area contributed by atoms with Gasteiger partial charge in [0, 0.05) is 17.8 Å². The number of fused-ring (bicyclic) bond motifs is 1. The number of rotatable bonds is 5. The quantitative estimate of drug-likeness (QED) is 0.521. The summed E-state index contributed by atoms with van der Waals surface area (Å²) in [6.07, 6.45) is 2.82. The summed E-state index contributed by atoms with van der Waals surface area (Å²) in [4.78, 5) is 41.3. The van der Waals surface area contributed by atoms with Gasteiger partial charge in [-0.25, -0.2) is 9.37 Å². The standard InChI is InChI=1S/C25H25FN4O3/c26-20-7-3-2-6-19(20)24(32)27-15-16-9-11-18(12-10-16)23(31)29-30-25(33)22-14-13-17-5-1-4-8-21(17)28-22/h1-8,13-14,16,18H,9-12,15H2,(H,27,32)(H,29,31)(H,30,33). The highest BCUT2D eigenvalue weighted by Crippen LogP contribution is 2.28. The largest absolute Gasteiger partial charge is 0.352 e. The van der Waals surface area contributed by atoms with Crippen molar-refractivity contribution in [3.8, 4) is 0 Å². The lowest BCUT2D eigenvalue weighted by Gasteiger charge is -2.27. The van der Waals surface area contributed by atoms with Crippen molar-refractivity contribution in [1.82, 2.24) is 21.2 Å². The Hall–Kier alpha value is -3.81. The minimum atomic E-state index is -0.545. The lowest BCUT2D eigenvalue weighted by atomic mass is 9.81. The molecule has 1 aliphatic carbocycles. The number of benzene rings is 2. The van der Waals surface area contributed by atoms with Gasteiger partial charge in [0.15, 0.2) is 0 Å². The molecule has 0 saturated heterocycles. The molecule has 0 unspecified atom stereocenters. The Labute approximate surface area is 190 Å². The van der Waals surface area contributed by atoms with Crippen LogP contribution < -0.4 is 16.2 Å². The van der Waals surface area contributed by atoms with Gasteiger partial charge in [0.25, 0.3) is 11.8 Å². The normalized spacial score (nSPS) is 17.8. The molecule has 0 atom stereocenters. The van der Waals surface area contributed by atoms with E-state index >= 15 is 0 Å². The zero-order valence-electron chi connectivity index (χ0n) is 18.0. The molecule has 0 radical (unpaired) electrons. The fourth-order valence-electron chi connectivity index (χ4n) is 4.08. The van der Waals surface area contributed by atoms with Crippen molar-refractivity contribution >= 4 is 28.6 Å². The second kappa shape index (κ2) is 10.2. The predicted octanol–water partition coefficient (Wildman–Crippen LogP) is 3.37. The number of nitrogens with zero attached hydrogens (tertiary/aromatic N) is 1. The first kappa shape index (κ1) is 22.4. The van der Waals surface area contributed by atoms with E-state index in [-0.39, 0.29) is 29.0 Å². The van der Waals surface area contributed by atoms with Gasteiger partial charge in [0.2, 0.25) is 5.91 Å². The second-order valence-electron chi connectivity index (χ2n) is 8.24. The maximum absolute atomic E-state index is 13.7. The van der Waals surface area contributed by atoms with E-state index in [4.69, 9.17) is 0 Å². The highest BCUT2D eigenvalue weighted by Gasteiger charge is 2.27. The topological polar surface area (TPSA) is 100 Å². The third-order valence-corrected chi connectivity index (χ3v) is 6.02. The number of carbonyl (C=O) groups is 3. The summed E-state index contributed by atoms with van der Waals surface area (Å²) in [6.45, 7) is 0.436. The van der Waals surface area contributed by atoms with Gasteiger partial charge in [-0.2, -0.15) is 0 Å². The lowest BCUT2D eigenvalue weighted by molar-refractivity contribution is -0.127. The van der Waals surface area contributed by atoms with Crippen LogP contribution in [0.15, 0.2) is 60.7 Å². The van der Waals surface area contributed by atoms with E-state index in [0.717, 1.165) is 18.2 Å². The number of para-hydroxylation sites is 1. The molecule has 1 aromatic heterocycles. The zero-order valence-corrected chi connectivity index (χ0v) is 18.0. The van der Waals surface area contributed by atoms with Crippen LogP contribution in [0, 0.1) is 17.7 Å². The summed E-state index contributed by atoms with van der Waals surface area (Å²) in [6, 6.07) is 16.8. The number of hydrazine groups is 1. The number of carbonyl (C=O) groups excluding carboxylic acids is 3. The number of halogens is 1. The number of nitrogens with one attached hydrogen (secondary N) is 3. The predicted molar refractivity (Wildman–Crippen MR) is 122 cm³/mol. The van der Waals surface area contributed by atoms with Crippen LogP contribution in [0.3, 0.4) is 0 Å². The average Bonchev–Trinajstić information content (AvgIpc) is 2.86. The summed E-state index contributed by atoms with van der Waals surface area (Å²) >= 11 is 0. The molecule has 170 valence electrons. The van der Waals surface area contributed by atoms with Gasteiger partial charge in [-0.1, -0.05) is 36.4 Å². The average molecular weight is 448 g/mol. The van der Waals surface area contributed by atoms with Crippen molar-refractivity contribution in [1.29, 1.82) is 0 Å². The molecular formula is C25H25FN4O3. The molecule has 0 spiro atoms. The summed E-state index contributed by atoms with van der Waals surface area (Å²) in [7, 11) is 0. The van der Waals surface area contributed by atoms with E-state index in [0.29, 0.717) is 24.9 Å². The maximum atomic E-state index is 13.7. The second-order valence-corrected chi connectivity index (χ2v) is 8.24. The molecular weight excluding hydrogens is 423 g/mol. The monoisotopic (exact) mass is 448 g/mol. The van der Waals surface area contributed by atoms with Crippen LogP contribution in [-0.4, -0.2) is 29.3 Å². The van der Waals surface area contributed by atoms with Gasteiger partial charge in [-0.05, 0) is 55.9 Å². The van der Waals surface area contributed by atoms with Gasteiger partial charge in [0.1, 0.15) is 11.5 Å². The van der Waals surface area contributed by atoms with Gasteiger partial charge in [-0.3, -0.25) is 25.2 Å². The van der Waals surface area contributed by atoms with E-state index in [9.17, 15) is 18.8 Å². The smallest absolute Gasteiger partial charge is 0.288 e. The summed E-state index contributed by atoms with van der Waals surface area (Å²) < 4.78 is 13.7. The molecule has 2 aromatic carbocycles. The summed E-state index contributed by atoms with van der Waals surface area (Å²) in [5, 5.41) is 3.71. The molecule has 0 aliphatic heterocycles. The highest BCUT2D eigenvalue weighted by atomic mass is 19.1. The Balaban J connectivity index is 1.21. The van der Waals surface area contributed by atoms with E-state index in [2.05, 4.69) is 21.2 Å². The van der Waals surface area contributed by atoms with E-state index in [1.54, 1.807) is 18.2 Å². The molecule has 33 heavy (non-hydrogen) atoms. The molecule has 1 aliphatic rings. The Morgan fingerprint density at radius 3 is 2.36 bits per heavy atom. The zero-order chi connectivity index (χ0) is 23.2. The molecule has 8 heteroatoms. The fraction of sp³-hybridized carbons (Fsp3) is 0.280. The number of pyridine rings is 1. The summed E-state index contributed by atoms with van der Waals surface area (Å²) in [5.74, 6) is -1.68. The van der Waals surface area contributed by atoms with E-state index < -0.39 is 17.6 Å². The first-order valence-electron chi connectivity index (χ1n) is 11.0. The molecule has 3 amide bonds. The first-order valence-corrected chi connectivity index (χ1v) is 11.0. The minimum absolute atomic E-state index is 0.0298. The third-order valence-electron chi connectivity index (χ3n) is 6.02. The van der Waals surface area contributed by atoms with Crippen LogP contribution >= 0.6 is 0 Å². The van der Waals surface area contributed by atoms with Gasteiger partial charge in [0.05, 0.1) is 11.1 Å². The van der Waals surface area contributed by atoms with Crippen molar-refractivity contribution in [3.63, 3.8) is 0 Å². The van der Waals surface area contributed by atoms with Crippen LogP contribution in [0.4, 0.5) is 4.39 Å². The van der Waals surface area contributed by atoms with Crippen LogP contribution in [-0.2, 0) is 4.79 Å². The number of hydrogen-bond donors (Lipinski definition) is 3. The Bertz CT molecular complexity index is 1180. The van der Waals surface area contributed by atoms with Crippen molar-refractivity contribution in [2.75, 3.05) is 6.54 Å². The third kappa shape index (κ3) is 5.52. The molecule has 4 rings (SSSR count). The molecule has 3 N–H and O–H groups in total. The van der Waals surface area contributed by atoms with Gasteiger partial charge >= 0.3 is 0 Å². The molecule has 0 bridgehead atoms. The molecule has 1 fully saturated rings. The Kier molecular flexibility index (Phi) is 6.92. The SMILES string of the molecule is O=C(NNC(=O)C1CCC(CNC(=O)c2ccccc2F)CC1)c1ccc2ccccc2n1. The number of hydrogen-bond acceptors (Lipinski definition) is 4. The Morgan fingerprint density at radius 1 is 0.848 bits per heavy atom. The van der Waals surface area contributed by atoms with Gasteiger partial charge < -0.3 is 5.32 Å². The van der Waals surface area contributed by atoms with Crippen LogP contribution in [0.5, 0.6) is 0 Å². The van der Waals surface area contributed by atoms with Crippen molar-refractivity contribution in [3.05, 3.63) is 77.7 Å². The number of aromatic nitrogens is 1. The van der Waals surface area contributed by atoms with E-state index in [1.807, 2.05) is 30.3 Å². The minimum Gasteiger partial charge on any atom is -0.352 e. The van der Waals surface area contributed by atoms with E-state index in [1.165, 1.54) is 12.1 Å². The van der Waals surface area contributed by atoms with Crippen LogP contribution in [0.2, 0.25) is 0 Å². The van der Waals surface area contributed by atoms with Crippen molar-refractivity contribution < 1.29 is 18.8 Å². The first-order chi connectivity index (χ1) is 16.0. The number of amides is 3. The van der Waals surface area contributed by atoms with Crippen LogP contribution in [0.1, 0.15) is 46.5 Å². The molecule has 1 heterocycles. The fourth-order valence-corrected chi connectivity index (χ4v) is 4.08. The summed E-state index contributed by atoms with van der Waals surface area (Å²) in [5.41, 5.74) is 5.90. The Morgan fingerprint density at radius 2 is 1.58 bits per heavy atom. The van der Waals surface area contributed by atoms with Gasteiger partial charge in [-0.15, -0.1) is 0 Å².